The summed E-state index contributed by atoms with van der Waals surface area (Å²) < 4.78 is 0. The van der Waals surface area contributed by atoms with E-state index in [0.717, 1.165) is 40.8 Å². The van der Waals surface area contributed by atoms with Gasteiger partial charge in [-0.3, -0.25) is 0 Å². The van der Waals surface area contributed by atoms with E-state index < -0.39 is 0 Å². The Morgan fingerprint density at radius 1 is 1.05 bits per heavy atom. The van der Waals surface area contributed by atoms with Crippen LogP contribution in [0.4, 0.5) is 5.13 Å². The molecule has 1 atom stereocenters. The Morgan fingerprint density at radius 2 is 1.86 bits per heavy atom. The van der Waals surface area contributed by atoms with Crippen LogP contribution in [0.2, 0.25) is 0 Å². The van der Waals surface area contributed by atoms with Crippen LogP contribution in [-0.4, -0.2) is 35.9 Å². The predicted molar refractivity (Wildman–Crippen MR) is 91.3 cm³/mol. The quantitative estimate of drug-likeness (QED) is 0.945. The molecule has 2 aliphatic heterocycles. The number of rotatable bonds is 3. The number of nitrogens with zero attached hydrogens (tertiary/aromatic N) is 3. The maximum absolute atomic E-state index is 4.42. The minimum atomic E-state index is 0.761. The molecule has 1 N–H and O–H groups in total. The van der Waals surface area contributed by atoms with E-state index in [-0.39, 0.29) is 0 Å². The Balaban J connectivity index is 1.40. The van der Waals surface area contributed by atoms with Gasteiger partial charge in [-0.25, -0.2) is 0 Å². The summed E-state index contributed by atoms with van der Waals surface area (Å²) in [7, 11) is 0. The molecule has 2 aromatic rings. The van der Waals surface area contributed by atoms with Crippen LogP contribution in [0, 0.1) is 5.92 Å². The monoisotopic (exact) mass is 314 g/mol. The van der Waals surface area contributed by atoms with Gasteiger partial charge >= 0.3 is 0 Å². The van der Waals surface area contributed by atoms with Gasteiger partial charge in [0.2, 0.25) is 5.13 Å². The van der Waals surface area contributed by atoms with E-state index in [1.165, 1.54) is 32.2 Å². The van der Waals surface area contributed by atoms with Crippen molar-refractivity contribution in [2.45, 2.75) is 31.7 Å². The van der Waals surface area contributed by atoms with Crippen LogP contribution in [0.1, 0.15) is 25.7 Å². The van der Waals surface area contributed by atoms with Crippen LogP contribution in [0.25, 0.3) is 10.6 Å². The highest BCUT2D eigenvalue weighted by Crippen LogP contribution is 2.32. The first-order valence-electron chi connectivity index (χ1n) is 8.27. The van der Waals surface area contributed by atoms with E-state index >= 15 is 0 Å². The van der Waals surface area contributed by atoms with Gasteiger partial charge in [-0.1, -0.05) is 41.7 Å². The number of hydrogen-bond donors (Lipinski definition) is 1. The van der Waals surface area contributed by atoms with Crippen molar-refractivity contribution in [2.75, 3.05) is 24.5 Å². The average Bonchev–Trinajstić information content (AvgIpc) is 3.28. The smallest absolute Gasteiger partial charge is 0.208 e. The van der Waals surface area contributed by atoms with Crippen molar-refractivity contribution in [3.63, 3.8) is 0 Å². The fourth-order valence-electron chi connectivity index (χ4n) is 3.65. The molecule has 22 heavy (non-hydrogen) atoms. The first-order valence-corrected chi connectivity index (χ1v) is 9.09. The second-order valence-electron chi connectivity index (χ2n) is 6.28. The van der Waals surface area contributed by atoms with Crippen molar-refractivity contribution >= 4 is 16.5 Å². The van der Waals surface area contributed by atoms with Crippen molar-refractivity contribution in [2.24, 2.45) is 5.92 Å². The number of hydrogen-bond acceptors (Lipinski definition) is 5. The van der Waals surface area contributed by atoms with Gasteiger partial charge in [-0.2, -0.15) is 0 Å². The van der Waals surface area contributed by atoms with Crippen molar-refractivity contribution in [1.29, 1.82) is 0 Å². The maximum Gasteiger partial charge on any atom is 0.208 e. The summed E-state index contributed by atoms with van der Waals surface area (Å²) in [4.78, 5) is 2.41. The van der Waals surface area contributed by atoms with Crippen LogP contribution in [0.3, 0.4) is 0 Å². The molecule has 0 saturated carbocycles. The molecule has 1 aromatic carbocycles. The zero-order valence-corrected chi connectivity index (χ0v) is 13.6. The molecule has 1 aromatic heterocycles. The molecule has 0 bridgehead atoms. The molecule has 1 unspecified atom stereocenters. The predicted octanol–water partition coefficient (Wildman–Crippen LogP) is 3.17. The van der Waals surface area contributed by atoms with Crippen molar-refractivity contribution in [3.8, 4) is 10.6 Å². The number of anilines is 1. The fraction of sp³-hybridized carbons (Fsp3) is 0.529. The molecule has 0 amide bonds. The summed E-state index contributed by atoms with van der Waals surface area (Å²) in [6.45, 7) is 3.44. The molecule has 5 heteroatoms. The third kappa shape index (κ3) is 2.88. The van der Waals surface area contributed by atoms with Crippen LogP contribution in [-0.2, 0) is 0 Å². The van der Waals surface area contributed by atoms with Crippen LogP contribution < -0.4 is 10.2 Å². The van der Waals surface area contributed by atoms with E-state index in [1.54, 1.807) is 11.3 Å². The van der Waals surface area contributed by atoms with E-state index in [2.05, 4.69) is 44.7 Å². The molecule has 2 saturated heterocycles. The van der Waals surface area contributed by atoms with Crippen molar-refractivity contribution in [1.82, 2.24) is 15.5 Å². The lowest BCUT2D eigenvalue weighted by molar-refractivity contribution is 0.319. The van der Waals surface area contributed by atoms with Gasteiger partial charge in [0.15, 0.2) is 0 Å². The lowest BCUT2D eigenvalue weighted by Crippen LogP contribution is -2.40. The van der Waals surface area contributed by atoms with Crippen LogP contribution in [0.15, 0.2) is 30.3 Å². The van der Waals surface area contributed by atoms with Gasteiger partial charge in [0.1, 0.15) is 5.01 Å². The Bertz CT molecular complexity index is 598. The Labute approximate surface area is 135 Å². The highest BCUT2D eigenvalue weighted by Gasteiger charge is 2.29. The zero-order chi connectivity index (χ0) is 14.8. The molecule has 116 valence electrons. The summed E-state index contributed by atoms with van der Waals surface area (Å²) in [5, 5.41) is 14.6. The third-order valence-corrected chi connectivity index (χ3v) is 5.95. The van der Waals surface area contributed by atoms with E-state index in [0.29, 0.717) is 0 Å². The highest BCUT2D eigenvalue weighted by atomic mass is 32.1. The van der Waals surface area contributed by atoms with Gasteiger partial charge in [0, 0.05) is 24.7 Å². The topological polar surface area (TPSA) is 41.1 Å². The molecule has 2 fully saturated rings. The molecule has 0 radical (unpaired) electrons. The summed E-state index contributed by atoms with van der Waals surface area (Å²) in [5.41, 5.74) is 1.16. The number of aromatic nitrogens is 2. The molecule has 0 aliphatic carbocycles. The maximum atomic E-state index is 4.42. The molecular weight excluding hydrogens is 292 g/mol. The SMILES string of the molecule is c1ccc(-c2nnc(N3CCC(C4CCCN4)CC3)s2)cc1. The summed E-state index contributed by atoms with van der Waals surface area (Å²) in [6, 6.07) is 11.1. The third-order valence-electron chi connectivity index (χ3n) is 4.91. The van der Waals surface area contributed by atoms with Gasteiger partial charge < -0.3 is 10.2 Å². The molecule has 0 spiro atoms. The zero-order valence-electron chi connectivity index (χ0n) is 12.7. The van der Waals surface area contributed by atoms with Crippen LogP contribution >= 0.6 is 11.3 Å². The van der Waals surface area contributed by atoms with Crippen molar-refractivity contribution in [3.05, 3.63) is 30.3 Å². The van der Waals surface area contributed by atoms with Gasteiger partial charge in [-0.05, 0) is 38.1 Å². The standard InChI is InChI=1S/C17H22N4S/c1-2-5-14(6-3-1)16-19-20-17(22-16)21-11-8-13(9-12-21)15-7-4-10-18-15/h1-3,5-6,13,15,18H,4,7-12H2. The first kappa shape index (κ1) is 14.2. The van der Waals surface area contributed by atoms with E-state index in [4.69, 9.17) is 0 Å². The summed E-state index contributed by atoms with van der Waals surface area (Å²) >= 11 is 1.71. The lowest BCUT2D eigenvalue weighted by Gasteiger charge is -2.34. The Kier molecular flexibility index (Phi) is 4.08. The van der Waals surface area contributed by atoms with Gasteiger partial charge in [-0.15, -0.1) is 10.2 Å². The van der Waals surface area contributed by atoms with E-state index in [9.17, 15) is 0 Å². The number of piperidine rings is 1. The molecule has 4 nitrogen and oxygen atoms in total. The second kappa shape index (κ2) is 6.34. The highest BCUT2D eigenvalue weighted by molar-refractivity contribution is 7.18. The molecule has 3 heterocycles. The second-order valence-corrected chi connectivity index (χ2v) is 7.24. The van der Waals surface area contributed by atoms with E-state index in [1.807, 2.05) is 6.07 Å². The van der Waals surface area contributed by atoms with Crippen molar-refractivity contribution < 1.29 is 0 Å². The van der Waals surface area contributed by atoms with Gasteiger partial charge in [0.05, 0.1) is 0 Å². The largest absolute Gasteiger partial charge is 0.347 e. The molecule has 4 rings (SSSR count). The first-order chi connectivity index (χ1) is 10.9. The normalized spacial score (nSPS) is 23.1. The number of benzene rings is 1. The van der Waals surface area contributed by atoms with Gasteiger partial charge in [0.25, 0.3) is 0 Å². The minimum Gasteiger partial charge on any atom is -0.347 e. The Morgan fingerprint density at radius 3 is 2.59 bits per heavy atom. The Hall–Kier alpha value is -1.46. The lowest BCUT2D eigenvalue weighted by atomic mass is 9.89. The minimum absolute atomic E-state index is 0.761. The van der Waals surface area contributed by atoms with Crippen LogP contribution in [0.5, 0.6) is 0 Å². The summed E-state index contributed by atoms with van der Waals surface area (Å²) in [6.07, 6.45) is 5.26. The number of nitrogens with one attached hydrogen (secondary N) is 1. The fourth-order valence-corrected chi connectivity index (χ4v) is 4.55. The molecular formula is C17H22N4S. The molecule has 2 aliphatic rings. The average molecular weight is 314 g/mol. The summed E-state index contributed by atoms with van der Waals surface area (Å²) in [5.74, 6) is 0.847.